The molecule has 0 bridgehead atoms. The Morgan fingerprint density at radius 3 is 2.71 bits per heavy atom. The zero-order chi connectivity index (χ0) is 14.8. The lowest BCUT2D eigenvalue weighted by molar-refractivity contribution is 0.0690. The minimum atomic E-state index is -1.08. The van der Waals surface area contributed by atoms with Gasteiger partial charge in [-0.1, -0.05) is 24.3 Å². The van der Waals surface area contributed by atoms with Crippen molar-refractivity contribution in [2.24, 2.45) is 0 Å². The monoisotopic (exact) mass is 280 g/mol. The van der Waals surface area contributed by atoms with Gasteiger partial charge in [0, 0.05) is 11.6 Å². The summed E-state index contributed by atoms with van der Waals surface area (Å²) < 4.78 is 1.52. The third-order valence-electron chi connectivity index (χ3n) is 3.24. The standard InChI is InChI=1S/C16H12N2O3/c19-15-13-6-2-1-4-11(13)8-9-18(15)10-12-5-3-7-14(17-12)16(20)21/h1-9H,10H2,(H,20,21). The summed E-state index contributed by atoms with van der Waals surface area (Å²) in [7, 11) is 0. The van der Waals surface area contributed by atoms with Crippen LogP contribution < -0.4 is 5.56 Å². The topological polar surface area (TPSA) is 72.2 Å². The van der Waals surface area contributed by atoms with Gasteiger partial charge in [0.15, 0.2) is 0 Å². The van der Waals surface area contributed by atoms with Crippen molar-refractivity contribution in [2.45, 2.75) is 6.54 Å². The number of carbonyl (C=O) groups is 1. The van der Waals surface area contributed by atoms with Crippen molar-refractivity contribution in [3.63, 3.8) is 0 Å². The van der Waals surface area contributed by atoms with Crippen molar-refractivity contribution >= 4 is 16.7 Å². The van der Waals surface area contributed by atoms with E-state index in [1.165, 1.54) is 10.6 Å². The molecule has 0 aliphatic heterocycles. The van der Waals surface area contributed by atoms with Crippen LogP contribution >= 0.6 is 0 Å². The van der Waals surface area contributed by atoms with Crippen LogP contribution in [0.3, 0.4) is 0 Å². The summed E-state index contributed by atoms with van der Waals surface area (Å²) in [4.78, 5) is 27.3. The zero-order valence-corrected chi connectivity index (χ0v) is 11.1. The van der Waals surface area contributed by atoms with Gasteiger partial charge in [0.1, 0.15) is 5.69 Å². The van der Waals surface area contributed by atoms with E-state index in [1.54, 1.807) is 24.4 Å². The Morgan fingerprint density at radius 2 is 1.90 bits per heavy atom. The van der Waals surface area contributed by atoms with Crippen molar-refractivity contribution in [1.82, 2.24) is 9.55 Å². The maximum absolute atomic E-state index is 12.4. The average molecular weight is 280 g/mol. The largest absolute Gasteiger partial charge is 0.477 e. The van der Waals surface area contributed by atoms with Gasteiger partial charge in [0.05, 0.1) is 12.2 Å². The molecule has 1 N–H and O–H groups in total. The van der Waals surface area contributed by atoms with Crippen LogP contribution in [0, 0.1) is 0 Å². The Kier molecular flexibility index (Phi) is 3.23. The Hall–Kier alpha value is -2.95. The molecule has 5 heteroatoms. The van der Waals surface area contributed by atoms with Crippen LogP contribution in [-0.2, 0) is 6.54 Å². The number of hydrogen-bond donors (Lipinski definition) is 1. The summed E-state index contributed by atoms with van der Waals surface area (Å²) in [6.45, 7) is 0.241. The van der Waals surface area contributed by atoms with Gasteiger partial charge >= 0.3 is 5.97 Å². The number of carboxylic acid groups (broad SMARTS) is 1. The number of pyridine rings is 2. The minimum Gasteiger partial charge on any atom is -0.477 e. The van der Waals surface area contributed by atoms with Crippen LogP contribution in [0.2, 0.25) is 0 Å². The van der Waals surface area contributed by atoms with E-state index in [9.17, 15) is 9.59 Å². The Labute approximate surface area is 120 Å². The molecule has 21 heavy (non-hydrogen) atoms. The second-order valence-corrected chi connectivity index (χ2v) is 4.66. The first-order valence-corrected chi connectivity index (χ1v) is 6.42. The molecular weight excluding hydrogens is 268 g/mol. The Morgan fingerprint density at radius 1 is 1.10 bits per heavy atom. The second-order valence-electron chi connectivity index (χ2n) is 4.66. The van der Waals surface area contributed by atoms with E-state index >= 15 is 0 Å². The molecule has 0 saturated heterocycles. The van der Waals surface area contributed by atoms with E-state index < -0.39 is 5.97 Å². The second kappa shape index (κ2) is 5.20. The summed E-state index contributed by atoms with van der Waals surface area (Å²) in [6, 6.07) is 14.0. The highest BCUT2D eigenvalue weighted by atomic mass is 16.4. The normalized spacial score (nSPS) is 10.7. The van der Waals surface area contributed by atoms with Crippen LogP contribution in [0.5, 0.6) is 0 Å². The lowest BCUT2D eigenvalue weighted by atomic mass is 10.2. The Balaban J connectivity index is 2.02. The molecule has 3 aromatic rings. The fourth-order valence-corrected chi connectivity index (χ4v) is 2.22. The van der Waals surface area contributed by atoms with E-state index in [2.05, 4.69) is 4.98 Å². The van der Waals surface area contributed by atoms with Crippen molar-refractivity contribution in [2.75, 3.05) is 0 Å². The van der Waals surface area contributed by atoms with E-state index in [0.29, 0.717) is 11.1 Å². The molecule has 0 fully saturated rings. The predicted octanol–water partition coefficient (Wildman–Crippen LogP) is 2.14. The highest BCUT2D eigenvalue weighted by Gasteiger charge is 2.07. The van der Waals surface area contributed by atoms with E-state index in [-0.39, 0.29) is 17.8 Å². The summed E-state index contributed by atoms with van der Waals surface area (Å²) in [5, 5.41) is 10.5. The van der Waals surface area contributed by atoms with Crippen molar-refractivity contribution < 1.29 is 9.90 Å². The van der Waals surface area contributed by atoms with Gasteiger partial charge in [-0.15, -0.1) is 0 Å². The maximum Gasteiger partial charge on any atom is 0.354 e. The lowest BCUT2D eigenvalue weighted by Gasteiger charge is -2.07. The summed E-state index contributed by atoms with van der Waals surface area (Å²) in [5.74, 6) is -1.08. The molecule has 3 rings (SSSR count). The Bertz CT molecular complexity index is 884. The number of benzene rings is 1. The van der Waals surface area contributed by atoms with Gasteiger partial charge in [-0.25, -0.2) is 9.78 Å². The van der Waals surface area contributed by atoms with Gasteiger partial charge in [0.25, 0.3) is 5.56 Å². The van der Waals surface area contributed by atoms with Crippen molar-refractivity contribution in [1.29, 1.82) is 0 Å². The minimum absolute atomic E-state index is 0.0265. The molecule has 0 unspecified atom stereocenters. The quantitative estimate of drug-likeness (QED) is 0.797. The first-order valence-electron chi connectivity index (χ1n) is 6.42. The molecule has 5 nitrogen and oxygen atoms in total. The van der Waals surface area contributed by atoms with E-state index in [4.69, 9.17) is 5.11 Å². The van der Waals surface area contributed by atoms with Gasteiger partial charge in [-0.3, -0.25) is 4.79 Å². The highest BCUT2D eigenvalue weighted by molar-refractivity contribution is 5.85. The highest BCUT2D eigenvalue weighted by Crippen LogP contribution is 2.09. The van der Waals surface area contributed by atoms with Crippen LogP contribution in [-0.4, -0.2) is 20.6 Å². The SMILES string of the molecule is O=C(O)c1cccc(Cn2ccc3ccccc3c2=O)n1. The average Bonchev–Trinajstić information content (AvgIpc) is 2.51. The number of aromatic nitrogens is 2. The molecule has 0 aliphatic rings. The molecule has 2 heterocycles. The number of aromatic carboxylic acids is 1. The van der Waals surface area contributed by atoms with E-state index in [0.717, 1.165) is 5.39 Å². The molecule has 0 aliphatic carbocycles. The molecule has 1 aromatic carbocycles. The summed E-state index contributed by atoms with van der Waals surface area (Å²) in [6.07, 6.45) is 1.69. The molecule has 2 aromatic heterocycles. The number of fused-ring (bicyclic) bond motifs is 1. The number of carboxylic acids is 1. The molecule has 0 amide bonds. The molecule has 0 radical (unpaired) electrons. The predicted molar refractivity (Wildman–Crippen MR) is 78.5 cm³/mol. The van der Waals surface area contributed by atoms with Gasteiger partial charge in [-0.2, -0.15) is 0 Å². The van der Waals surface area contributed by atoms with Crippen LogP contribution in [0.1, 0.15) is 16.2 Å². The van der Waals surface area contributed by atoms with E-state index in [1.807, 2.05) is 24.3 Å². The summed E-state index contributed by atoms with van der Waals surface area (Å²) >= 11 is 0. The first-order chi connectivity index (χ1) is 10.1. The van der Waals surface area contributed by atoms with Gasteiger partial charge in [0.2, 0.25) is 0 Å². The fraction of sp³-hybridized carbons (Fsp3) is 0.0625. The fourth-order valence-electron chi connectivity index (χ4n) is 2.22. The van der Waals surface area contributed by atoms with Crippen molar-refractivity contribution in [3.05, 3.63) is 76.5 Å². The lowest BCUT2D eigenvalue weighted by Crippen LogP contribution is -2.20. The zero-order valence-electron chi connectivity index (χ0n) is 11.1. The van der Waals surface area contributed by atoms with Gasteiger partial charge < -0.3 is 9.67 Å². The number of nitrogens with zero attached hydrogens (tertiary/aromatic N) is 2. The molecule has 0 saturated carbocycles. The molecule has 0 atom stereocenters. The van der Waals surface area contributed by atoms with Gasteiger partial charge in [-0.05, 0) is 29.7 Å². The van der Waals surface area contributed by atoms with Crippen LogP contribution in [0.15, 0.2) is 59.5 Å². The third kappa shape index (κ3) is 2.53. The van der Waals surface area contributed by atoms with Crippen LogP contribution in [0.4, 0.5) is 0 Å². The number of hydrogen-bond acceptors (Lipinski definition) is 3. The molecule has 0 spiro atoms. The smallest absolute Gasteiger partial charge is 0.354 e. The van der Waals surface area contributed by atoms with Crippen molar-refractivity contribution in [3.8, 4) is 0 Å². The molecule has 104 valence electrons. The first kappa shape index (κ1) is 13.1. The number of rotatable bonds is 3. The third-order valence-corrected chi connectivity index (χ3v) is 3.24. The van der Waals surface area contributed by atoms with Crippen LogP contribution in [0.25, 0.3) is 10.8 Å². The maximum atomic E-state index is 12.4. The molecular formula is C16H12N2O3. The summed E-state index contributed by atoms with van der Waals surface area (Å²) in [5.41, 5.74) is 0.393.